The van der Waals surface area contributed by atoms with E-state index in [0.29, 0.717) is 0 Å². The van der Waals surface area contributed by atoms with Crippen LogP contribution in [0.15, 0.2) is 9.59 Å². The Morgan fingerprint density at radius 1 is 1.44 bits per heavy atom. The number of aromatic amines is 1. The van der Waals surface area contributed by atoms with Crippen LogP contribution in [0.5, 0.6) is 0 Å². The molecular formula is C10H12N4O4. The van der Waals surface area contributed by atoms with Gasteiger partial charge in [0.2, 0.25) is 0 Å². The largest absolute Gasteiger partial charge is 0.388 e. The predicted octanol–water partition coefficient (Wildman–Crippen LogP) is -1.50. The second-order valence-electron chi connectivity index (χ2n) is 3.98. The standard InChI is InChI=1S/C10H12N4O4/c1-5(16)3-14-9(17)7-8(13(2)10(14)18)12-6(4-15)11-7/h15H,3-4H2,1-2H3,(H,11,12). The van der Waals surface area contributed by atoms with Crippen LogP contribution in [0.1, 0.15) is 12.7 Å². The summed E-state index contributed by atoms with van der Waals surface area (Å²) < 4.78 is 2.00. The van der Waals surface area contributed by atoms with E-state index in [2.05, 4.69) is 9.97 Å². The van der Waals surface area contributed by atoms with E-state index < -0.39 is 11.2 Å². The Balaban J connectivity index is 2.86. The van der Waals surface area contributed by atoms with Crippen molar-refractivity contribution in [2.24, 2.45) is 7.05 Å². The third-order valence-electron chi connectivity index (χ3n) is 2.56. The Labute approximate surface area is 101 Å². The Kier molecular flexibility index (Phi) is 2.87. The van der Waals surface area contributed by atoms with Crippen LogP contribution in [0.2, 0.25) is 0 Å². The molecule has 0 amide bonds. The number of H-pyrrole nitrogens is 1. The molecule has 0 saturated carbocycles. The van der Waals surface area contributed by atoms with E-state index in [1.165, 1.54) is 14.0 Å². The number of aryl methyl sites for hydroxylation is 1. The van der Waals surface area contributed by atoms with Crippen LogP contribution < -0.4 is 11.2 Å². The topological polar surface area (TPSA) is 110 Å². The van der Waals surface area contributed by atoms with Gasteiger partial charge in [-0.25, -0.2) is 9.78 Å². The molecule has 0 atom stereocenters. The van der Waals surface area contributed by atoms with Crippen molar-refractivity contribution in [2.45, 2.75) is 20.1 Å². The summed E-state index contributed by atoms with van der Waals surface area (Å²) in [5, 5.41) is 8.96. The lowest BCUT2D eigenvalue weighted by Crippen LogP contribution is -2.40. The van der Waals surface area contributed by atoms with Gasteiger partial charge in [-0.15, -0.1) is 0 Å². The number of nitrogens with one attached hydrogen (secondary N) is 1. The molecular weight excluding hydrogens is 240 g/mol. The second kappa shape index (κ2) is 4.22. The van der Waals surface area contributed by atoms with Gasteiger partial charge in [-0.05, 0) is 6.92 Å². The Hall–Kier alpha value is -2.22. The van der Waals surface area contributed by atoms with Gasteiger partial charge in [-0.1, -0.05) is 0 Å². The number of ketones is 1. The van der Waals surface area contributed by atoms with Crippen LogP contribution in [0.3, 0.4) is 0 Å². The zero-order valence-corrected chi connectivity index (χ0v) is 9.93. The number of rotatable bonds is 3. The van der Waals surface area contributed by atoms with E-state index in [1.54, 1.807) is 0 Å². The maximum Gasteiger partial charge on any atom is 0.332 e. The number of aliphatic hydroxyl groups is 1. The van der Waals surface area contributed by atoms with Crippen LogP contribution >= 0.6 is 0 Å². The third kappa shape index (κ3) is 1.76. The van der Waals surface area contributed by atoms with Crippen LogP contribution in [-0.4, -0.2) is 30.0 Å². The molecule has 2 aromatic rings. The summed E-state index contributed by atoms with van der Waals surface area (Å²) in [4.78, 5) is 41.5. The van der Waals surface area contributed by atoms with Crippen molar-refractivity contribution in [2.75, 3.05) is 0 Å². The number of fused-ring (bicyclic) bond motifs is 1. The number of aliphatic hydroxyl groups excluding tert-OH is 1. The lowest BCUT2D eigenvalue weighted by atomic mass is 10.4. The molecule has 0 fully saturated rings. The minimum absolute atomic E-state index is 0.0994. The van der Waals surface area contributed by atoms with E-state index in [-0.39, 0.29) is 35.9 Å². The number of aromatic nitrogens is 4. The molecule has 0 saturated heterocycles. The van der Waals surface area contributed by atoms with Crippen molar-refractivity contribution in [1.82, 2.24) is 19.1 Å². The maximum atomic E-state index is 12.0. The van der Waals surface area contributed by atoms with Gasteiger partial charge in [0.15, 0.2) is 5.65 Å². The molecule has 0 aromatic carbocycles. The van der Waals surface area contributed by atoms with Gasteiger partial charge in [-0.2, -0.15) is 0 Å². The molecule has 0 unspecified atom stereocenters. The average Bonchev–Trinajstić information content (AvgIpc) is 2.76. The summed E-state index contributed by atoms with van der Waals surface area (Å²) >= 11 is 0. The van der Waals surface area contributed by atoms with Crippen molar-refractivity contribution in [3.8, 4) is 0 Å². The summed E-state index contributed by atoms with van der Waals surface area (Å²) in [6, 6.07) is 0. The summed E-state index contributed by atoms with van der Waals surface area (Å²) in [5.74, 6) is -0.104. The molecule has 2 aromatic heterocycles. The summed E-state index contributed by atoms with van der Waals surface area (Å²) in [7, 11) is 1.45. The molecule has 0 aliphatic carbocycles. The van der Waals surface area contributed by atoms with Crippen LogP contribution in [0.4, 0.5) is 0 Å². The van der Waals surface area contributed by atoms with Crippen molar-refractivity contribution < 1.29 is 9.90 Å². The monoisotopic (exact) mass is 252 g/mol. The SMILES string of the molecule is CC(=O)Cn1c(=O)c2[nH]c(CO)nc2n(C)c1=O. The van der Waals surface area contributed by atoms with Gasteiger partial charge in [-0.3, -0.25) is 18.7 Å². The maximum absolute atomic E-state index is 12.0. The minimum atomic E-state index is -0.615. The van der Waals surface area contributed by atoms with Crippen LogP contribution in [-0.2, 0) is 25.0 Å². The molecule has 2 rings (SSSR count). The highest BCUT2D eigenvalue weighted by Crippen LogP contribution is 2.03. The lowest BCUT2D eigenvalue weighted by Gasteiger charge is -2.05. The Morgan fingerprint density at radius 2 is 2.11 bits per heavy atom. The van der Waals surface area contributed by atoms with Crippen LogP contribution in [0, 0.1) is 0 Å². The summed E-state index contributed by atoms with van der Waals surface area (Å²) in [5.41, 5.74) is -0.967. The lowest BCUT2D eigenvalue weighted by molar-refractivity contribution is -0.117. The normalized spacial score (nSPS) is 11.1. The third-order valence-corrected chi connectivity index (χ3v) is 2.56. The van der Waals surface area contributed by atoms with E-state index in [0.717, 1.165) is 9.13 Å². The number of hydrogen-bond acceptors (Lipinski definition) is 5. The predicted molar refractivity (Wildman–Crippen MR) is 62.2 cm³/mol. The highest BCUT2D eigenvalue weighted by atomic mass is 16.3. The van der Waals surface area contributed by atoms with E-state index in [9.17, 15) is 14.4 Å². The molecule has 2 heterocycles. The van der Waals surface area contributed by atoms with Gasteiger partial charge in [0.1, 0.15) is 23.7 Å². The molecule has 0 radical (unpaired) electrons. The van der Waals surface area contributed by atoms with Gasteiger partial charge >= 0.3 is 5.69 Å². The number of imidazole rings is 1. The highest BCUT2D eigenvalue weighted by molar-refractivity contribution is 5.76. The number of hydrogen-bond donors (Lipinski definition) is 2. The van der Waals surface area contributed by atoms with Crippen molar-refractivity contribution >= 4 is 16.9 Å². The first-order valence-corrected chi connectivity index (χ1v) is 5.24. The van der Waals surface area contributed by atoms with Gasteiger partial charge < -0.3 is 10.1 Å². The smallest absolute Gasteiger partial charge is 0.332 e. The first kappa shape index (κ1) is 12.2. The molecule has 0 aliphatic heterocycles. The van der Waals surface area contributed by atoms with Crippen molar-refractivity contribution in [1.29, 1.82) is 0 Å². The fourth-order valence-electron chi connectivity index (χ4n) is 1.73. The molecule has 0 spiro atoms. The van der Waals surface area contributed by atoms with Crippen molar-refractivity contribution in [3.05, 3.63) is 26.7 Å². The second-order valence-corrected chi connectivity index (χ2v) is 3.98. The first-order valence-electron chi connectivity index (χ1n) is 5.24. The number of carbonyl (C=O) groups is 1. The molecule has 0 bridgehead atoms. The Morgan fingerprint density at radius 3 is 2.67 bits per heavy atom. The molecule has 0 aliphatic rings. The van der Waals surface area contributed by atoms with Crippen LogP contribution in [0.25, 0.3) is 11.2 Å². The molecule has 18 heavy (non-hydrogen) atoms. The van der Waals surface area contributed by atoms with Gasteiger partial charge in [0.25, 0.3) is 5.56 Å². The number of nitrogens with zero attached hydrogens (tertiary/aromatic N) is 3. The van der Waals surface area contributed by atoms with Gasteiger partial charge in [0.05, 0.1) is 6.54 Å². The molecule has 8 heteroatoms. The zero-order valence-electron chi connectivity index (χ0n) is 9.93. The van der Waals surface area contributed by atoms with E-state index >= 15 is 0 Å². The van der Waals surface area contributed by atoms with Gasteiger partial charge in [0, 0.05) is 7.05 Å². The van der Waals surface area contributed by atoms with E-state index in [1.807, 2.05) is 0 Å². The highest BCUT2D eigenvalue weighted by Gasteiger charge is 2.15. The quantitative estimate of drug-likeness (QED) is 0.691. The molecule has 2 N–H and O–H groups in total. The molecule has 96 valence electrons. The minimum Gasteiger partial charge on any atom is -0.388 e. The molecule has 8 nitrogen and oxygen atoms in total. The average molecular weight is 252 g/mol. The summed E-state index contributed by atoms with van der Waals surface area (Å²) in [6.07, 6.45) is 0. The zero-order chi connectivity index (χ0) is 13.4. The Bertz CT molecular complexity index is 737. The van der Waals surface area contributed by atoms with Crippen molar-refractivity contribution in [3.63, 3.8) is 0 Å². The summed E-state index contributed by atoms with van der Waals surface area (Å²) in [6.45, 7) is 0.645. The number of carbonyl (C=O) groups excluding carboxylic acids is 1. The fraction of sp³-hybridized carbons (Fsp3) is 0.400. The van der Waals surface area contributed by atoms with E-state index in [4.69, 9.17) is 5.11 Å². The fourth-order valence-corrected chi connectivity index (χ4v) is 1.73. The number of Topliss-reactive ketones (excluding diaryl/α,β-unsaturated/α-hetero) is 1. The first-order chi connectivity index (χ1) is 8.45.